The van der Waals surface area contributed by atoms with E-state index in [-0.39, 0.29) is 5.56 Å². The maximum atomic E-state index is 13.3. The van der Waals surface area contributed by atoms with Gasteiger partial charge in [0.25, 0.3) is 0 Å². The molecular weight excluding hydrogens is 262 g/mol. The largest absolute Gasteiger partial charge is 0.496 e. The lowest BCUT2D eigenvalue weighted by atomic mass is 9.95. The van der Waals surface area contributed by atoms with E-state index in [1.165, 1.54) is 13.2 Å². The van der Waals surface area contributed by atoms with E-state index in [0.717, 1.165) is 23.3 Å². The van der Waals surface area contributed by atoms with Crippen LogP contribution in [0.15, 0.2) is 30.3 Å². The number of ether oxygens (including phenoxy) is 1. The molecule has 0 aliphatic carbocycles. The van der Waals surface area contributed by atoms with Crippen LogP contribution in [0.1, 0.15) is 28.4 Å². The van der Waals surface area contributed by atoms with Gasteiger partial charge in [-0.2, -0.15) is 0 Å². The Hall–Kier alpha value is -1.94. The predicted molar refractivity (Wildman–Crippen MR) is 72.9 cm³/mol. The first-order valence-corrected chi connectivity index (χ1v) is 6.22. The van der Waals surface area contributed by atoms with Crippen molar-refractivity contribution in [2.75, 3.05) is 7.11 Å². The Morgan fingerprint density at radius 1 is 1.05 bits per heavy atom. The van der Waals surface area contributed by atoms with Crippen molar-refractivity contribution in [3.05, 3.63) is 64.2 Å². The van der Waals surface area contributed by atoms with Crippen molar-refractivity contribution in [3.8, 4) is 5.75 Å². The third-order valence-corrected chi connectivity index (χ3v) is 3.25. The smallest absolute Gasteiger partial charge is 0.159 e. The van der Waals surface area contributed by atoms with Gasteiger partial charge in [-0.05, 0) is 48.7 Å². The zero-order chi connectivity index (χ0) is 14.9. The minimum Gasteiger partial charge on any atom is -0.496 e. The lowest BCUT2D eigenvalue weighted by molar-refractivity contribution is 0.213. The lowest BCUT2D eigenvalue weighted by Crippen LogP contribution is -2.06. The van der Waals surface area contributed by atoms with Gasteiger partial charge in [-0.15, -0.1) is 0 Å². The summed E-state index contributed by atoms with van der Waals surface area (Å²) in [5, 5.41) is 10.4. The fourth-order valence-electron chi connectivity index (χ4n) is 2.31. The number of methoxy groups -OCH3 is 1. The molecule has 0 aromatic heterocycles. The quantitative estimate of drug-likeness (QED) is 0.928. The molecule has 0 bridgehead atoms. The number of aliphatic hydroxyl groups excluding tert-OH is 1. The van der Waals surface area contributed by atoms with Crippen molar-refractivity contribution < 1.29 is 18.6 Å². The standard InChI is InChI=1S/C16H16F2O2/c1-9-6-10(2)15(14(7-9)20-3)16(19)11-4-5-12(17)13(18)8-11/h4-8,16,19H,1-3H3. The Balaban J connectivity index is 2.52. The molecule has 1 unspecified atom stereocenters. The second kappa shape index (κ2) is 5.59. The van der Waals surface area contributed by atoms with Gasteiger partial charge < -0.3 is 9.84 Å². The highest BCUT2D eigenvalue weighted by Gasteiger charge is 2.19. The van der Waals surface area contributed by atoms with Gasteiger partial charge in [0.05, 0.1) is 7.11 Å². The highest BCUT2D eigenvalue weighted by atomic mass is 19.2. The first-order chi connectivity index (χ1) is 9.43. The van der Waals surface area contributed by atoms with Gasteiger partial charge in [-0.3, -0.25) is 0 Å². The molecule has 0 aliphatic heterocycles. The van der Waals surface area contributed by atoms with Crippen LogP contribution in [0.2, 0.25) is 0 Å². The third-order valence-electron chi connectivity index (χ3n) is 3.25. The molecule has 4 heteroatoms. The van der Waals surface area contributed by atoms with Crippen LogP contribution in [0.4, 0.5) is 8.78 Å². The summed E-state index contributed by atoms with van der Waals surface area (Å²) < 4.78 is 31.5. The van der Waals surface area contributed by atoms with Crippen molar-refractivity contribution >= 4 is 0 Å². The summed E-state index contributed by atoms with van der Waals surface area (Å²) in [6, 6.07) is 7.07. The van der Waals surface area contributed by atoms with Crippen LogP contribution < -0.4 is 4.74 Å². The molecule has 2 rings (SSSR count). The molecule has 0 radical (unpaired) electrons. The van der Waals surface area contributed by atoms with E-state index in [2.05, 4.69) is 0 Å². The fraction of sp³-hybridized carbons (Fsp3) is 0.250. The topological polar surface area (TPSA) is 29.5 Å². The van der Waals surface area contributed by atoms with Gasteiger partial charge in [0.15, 0.2) is 11.6 Å². The monoisotopic (exact) mass is 278 g/mol. The number of hydrogen-bond acceptors (Lipinski definition) is 2. The Morgan fingerprint density at radius 2 is 1.75 bits per heavy atom. The Morgan fingerprint density at radius 3 is 2.35 bits per heavy atom. The second-order valence-electron chi connectivity index (χ2n) is 4.77. The van der Waals surface area contributed by atoms with Crippen molar-refractivity contribution in [2.45, 2.75) is 20.0 Å². The highest BCUT2D eigenvalue weighted by molar-refractivity contribution is 5.47. The van der Waals surface area contributed by atoms with E-state index in [1.54, 1.807) is 6.07 Å². The summed E-state index contributed by atoms with van der Waals surface area (Å²) in [6.45, 7) is 3.76. The van der Waals surface area contributed by atoms with Crippen molar-refractivity contribution in [1.29, 1.82) is 0 Å². The van der Waals surface area contributed by atoms with Crippen LogP contribution in [0.5, 0.6) is 5.75 Å². The zero-order valence-corrected chi connectivity index (χ0v) is 11.6. The zero-order valence-electron chi connectivity index (χ0n) is 11.6. The van der Waals surface area contributed by atoms with Crippen LogP contribution >= 0.6 is 0 Å². The molecule has 2 nitrogen and oxygen atoms in total. The van der Waals surface area contributed by atoms with Crippen LogP contribution in [-0.4, -0.2) is 12.2 Å². The summed E-state index contributed by atoms with van der Waals surface area (Å²) in [6.07, 6.45) is -1.07. The van der Waals surface area contributed by atoms with Gasteiger partial charge in [0, 0.05) is 5.56 Å². The lowest BCUT2D eigenvalue weighted by Gasteiger charge is -2.18. The van der Waals surface area contributed by atoms with E-state index >= 15 is 0 Å². The average molecular weight is 278 g/mol. The molecule has 0 saturated carbocycles. The summed E-state index contributed by atoms with van der Waals surface area (Å²) in [5.41, 5.74) is 2.68. The fourth-order valence-corrected chi connectivity index (χ4v) is 2.31. The third kappa shape index (κ3) is 2.65. The number of benzene rings is 2. The first kappa shape index (κ1) is 14.5. The molecule has 20 heavy (non-hydrogen) atoms. The van der Waals surface area contributed by atoms with E-state index < -0.39 is 17.7 Å². The van der Waals surface area contributed by atoms with Crippen LogP contribution in [0, 0.1) is 25.5 Å². The summed E-state index contributed by atoms with van der Waals surface area (Å²) in [4.78, 5) is 0. The van der Waals surface area contributed by atoms with Crippen molar-refractivity contribution in [3.63, 3.8) is 0 Å². The van der Waals surface area contributed by atoms with Crippen molar-refractivity contribution in [2.24, 2.45) is 0 Å². The minimum absolute atomic E-state index is 0.286. The maximum Gasteiger partial charge on any atom is 0.159 e. The molecule has 0 heterocycles. The van der Waals surface area contributed by atoms with E-state index in [0.29, 0.717) is 11.3 Å². The number of aliphatic hydroxyl groups is 1. The SMILES string of the molecule is COc1cc(C)cc(C)c1C(O)c1ccc(F)c(F)c1. The Labute approximate surface area is 116 Å². The molecule has 1 N–H and O–H groups in total. The molecule has 1 atom stereocenters. The normalized spacial score (nSPS) is 12.3. The van der Waals surface area contributed by atoms with Crippen molar-refractivity contribution in [1.82, 2.24) is 0 Å². The minimum atomic E-state index is -1.07. The van der Waals surface area contributed by atoms with E-state index in [4.69, 9.17) is 4.74 Å². The molecular formula is C16H16F2O2. The Bertz CT molecular complexity index is 639. The number of aryl methyl sites for hydroxylation is 2. The van der Waals surface area contributed by atoms with Gasteiger partial charge >= 0.3 is 0 Å². The van der Waals surface area contributed by atoms with Crippen LogP contribution in [0.3, 0.4) is 0 Å². The van der Waals surface area contributed by atoms with Gasteiger partial charge in [0.1, 0.15) is 11.9 Å². The Kier molecular flexibility index (Phi) is 4.04. The molecule has 106 valence electrons. The van der Waals surface area contributed by atoms with E-state index in [9.17, 15) is 13.9 Å². The molecule has 0 aliphatic rings. The van der Waals surface area contributed by atoms with Crippen LogP contribution in [-0.2, 0) is 0 Å². The average Bonchev–Trinajstić information content (AvgIpc) is 2.40. The van der Waals surface area contributed by atoms with Gasteiger partial charge in [-0.1, -0.05) is 12.1 Å². The molecule has 2 aromatic carbocycles. The summed E-state index contributed by atoms with van der Waals surface area (Å²) >= 11 is 0. The number of hydrogen-bond donors (Lipinski definition) is 1. The molecule has 0 amide bonds. The number of rotatable bonds is 3. The molecule has 0 saturated heterocycles. The summed E-state index contributed by atoms with van der Waals surface area (Å²) in [5.74, 6) is -1.39. The van der Waals surface area contributed by atoms with Gasteiger partial charge in [0.2, 0.25) is 0 Å². The van der Waals surface area contributed by atoms with Crippen LogP contribution in [0.25, 0.3) is 0 Å². The summed E-state index contributed by atoms with van der Waals surface area (Å²) in [7, 11) is 1.51. The van der Waals surface area contributed by atoms with Gasteiger partial charge in [-0.25, -0.2) is 8.78 Å². The highest BCUT2D eigenvalue weighted by Crippen LogP contribution is 2.34. The van der Waals surface area contributed by atoms with E-state index in [1.807, 2.05) is 19.9 Å². The molecule has 0 fully saturated rings. The molecule has 2 aromatic rings. The maximum absolute atomic E-state index is 13.3. The first-order valence-electron chi connectivity index (χ1n) is 6.22. The molecule has 0 spiro atoms. The second-order valence-corrected chi connectivity index (χ2v) is 4.77. The number of halogens is 2. The predicted octanol–water partition coefficient (Wildman–Crippen LogP) is 3.67.